The summed E-state index contributed by atoms with van der Waals surface area (Å²) in [5.41, 5.74) is -1.29. The van der Waals surface area contributed by atoms with Crippen LogP contribution in [-0.4, -0.2) is 58.9 Å². The summed E-state index contributed by atoms with van der Waals surface area (Å²) in [5, 5.41) is 0. The number of esters is 5. The maximum absolute atomic E-state index is 12.5. The number of carbonyl (C=O) groups is 5. The highest BCUT2D eigenvalue weighted by atomic mass is 16.6. The number of rotatable bonds is 16. The van der Waals surface area contributed by atoms with Gasteiger partial charge in [0.05, 0.1) is 23.2 Å². The summed E-state index contributed by atoms with van der Waals surface area (Å²) in [5.74, 6) is 12.1. The molecule has 16 aliphatic carbocycles. The van der Waals surface area contributed by atoms with Crippen molar-refractivity contribution in [3.8, 4) is 0 Å². The normalized spacial score (nSPS) is 43.3. The zero-order valence-electron chi connectivity index (χ0n) is 53.0. The Hall–Kier alpha value is -2.65. The van der Waals surface area contributed by atoms with E-state index in [1.165, 1.54) is 128 Å². The fourth-order valence-electron chi connectivity index (χ4n) is 20.6. The molecule has 16 bridgehead atoms. The lowest BCUT2D eigenvalue weighted by Crippen LogP contribution is -2.62. The summed E-state index contributed by atoms with van der Waals surface area (Å²) in [6, 6.07) is 0. The second kappa shape index (κ2) is 24.4. The molecule has 16 saturated carbocycles. The molecule has 0 aromatic heterocycles. The first-order valence-electron chi connectivity index (χ1n) is 33.9. The van der Waals surface area contributed by atoms with Crippen molar-refractivity contribution >= 4 is 29.8 Å². The van der Waals surface area contributed by atoms with Crippen molar-refractivity contribution in [1.82, 2.24) is 0 Å². The van der Waals surface area contributed by atoms with Crippen molar-refractivity contribution in [3.05, 3.63) is 0 Å². The zero-order valence-corrected chi connectivity index (χ0v) is 53.0. The van der Waals surface area contributed by atoms with Crippen LogP contribution in [0.4, 0.5) is 0 Å². The Morgan fingerprint density at radius 3 is 1.04 bits per heavy atom. The van der Waals surface area contributed by atoms with E-state index in [2.05, 4.69) is 55.4 Å². The molecular formula is C70H122O10. The van der Waals surface area contributed by atoms with Crippen LogP contribution in [0.15, 0.2) is 0 Å². The molecule has 0 amide bonds. The lowest BCUT2D eigenvalue weighted by atomic mass is 9.47. The monoisotopic (exact) mass is 1120 g/mol. The molecule has 0 aromatic rings. The minimum atomic E-state index is -0.549. The SMILES string of the molecule is CCC(C)(C)C(=O)OCC(=O)OC1(C)C2CC3CC(C2)CC1C3.CCC(C)C(=O)OC1(C(C)C)C2CC3CC(C2)CC1C3.CCC(C)C(=O)OC1(C)C2CC3CC(C2)CC1C3.CCC(C)C(=O)OC1(CC)C2CC3CC(C2)CC1C3.[HH].[HH].[HH].[HH]. The van der Waals surface area contributed by atoms with E-state index in [0.717, 1.165) is 73.0 Å². The molecule has 0 radical (unpaired) electrons. The van der Waals surface area contributed by atoms with Gasteiger partial charge in [0.15, 0.2) is 6.61 Å². The Kier molecular flexibility index (Phi) is 18.9. The van der Waals surface area contributed by atoms with E-state index in [9.17, 15) is 24.0 Å². The predicted octanol–water partition coefficient (Wildman–Crippen LogP) is 17.1. The third kappa shape index (κ3) is 12.0. The van der Waals surface area contributed by atoms with Crippen molar-refractivity contribution in [2.45, 2.75) is 280 Å². The number of hydrogen-bond acceptors (Lipinski definition) is 10. The van der Waals surface area contributed by atoms with Crippen molar-refractivity contribution in [1.29, 1.82) is 0 Å². The third-order valence-corrected chi connectivity index (χ3v) is 25.9. The van der Waals surface area contributed by atoms with E-state index in [1.54, 1.807) is 0 Å². The molecule has 10 nitrogen and oxygen atoms in total. The van der Waals surface area contributed by atoms with Crippen LogP contribution in [-0.2, 0) is 47.7 Å². The second-order valence-electron chi connectivity index (χ2n) is 31.4. The number of ether oxygens (including phenoxy) is 5. The average Bonchev–Trinajstić information content (AvgIpc) is 3.00. The Morgan fingerprint density at radius 1 is 0.425 bits per heavy atom. The maximum atomic E-state index is 12.5. The van der Waals surface area contributed by atoms with Gasteiger partial charge in [-0.2, -0.15) is 0 Å². The van der Waals surface area contributed by atoms with Crippen molar-refractivity contribution < 1.29 is 53.4 Å². The van der Waals surface area contributed by atoms with Gasteiger partial charge in [-0.05, 0) is 289 Å². The van der Waals surface area contributed by atoms with Crippen molar-refractivity contribution in [3.63, 3.8) is 0 Å². The molecule has 16 aliphatic rings. The summed E-state index contributed by atoms with van der Waals surface area (Å²) in [4.78, 5) is 61.2. The van der Waals surface area contributed by atoms with E-state index in [0.29, 0.717) is 59.7 Å². The summed E-state index contributed by atoms with van der Waals surface area (Å²) < 4.78 is 29.6. The average molecular weight is 1120 g/mol. The molecule has 0 saturated heterocycles. The first-order valence-corrected chi connectivity index (χ1v) is 33.9. The summed E-state index contributed by atoms with van der Waals surface area (Å²) >= 11 is 0. The highest BCUT2D eigenvalue weighted by molar-refractivity contribution is 5.80. The summed E-state index contributed by atoms with van der Waals surface area (Å²) in [6.07, 6.45) is 30.5. The number of hydrogen-bond donors (Lipinski definition) is 0. The first kappa shape index (κ1) is 61.9. The molecule has 0 heterocycles. The lowest BCUT2D eigenvalue weighted by molar-refractivity contribution is -0.227. The molecule has 80 heavy (non-hydrogen) atoms. The molecule has 0 N–H and O–H groups in total. The van der Waals surface area contributed by atoms with Crippen LogP contribution >= 0.6 is 0 Å². The van der Waals surface area contributed by atoms with Gasteiger partial charge in [0, 0.05) is 5.71 Å². The van der Waals surface area contributed by atoms with E-state index >= 15 is 0 Å². The molecule has 16 rings (SSSR count). The van der Waals surface area contributed by atoms with Crippen LogP contribution in [0.5, 0.6) is 0 Å². The molecule has 462 valence electrons. The van der Waals surface area contributed by atoms with Crippen molar-refractivity contribution in [2.24, 2.45) is 124 Å². The standard InChI is InChI=1S/C19H30O4.C18H30O2.C17H28O2.C16H26O2.4H2/c1-5-18(2,3)17(21)22-11-16(20)23-19(4)14-7-12-6-13(9-14)10-15(19)8-12;1-5-12(4)17(19)20-18(11(2)3)15-7-13-6-14(9-15)10-16(18)8-13;1-4-11(3)16(18)19-17(5-2)14-7-12-6-13(9-14)10-15(17)8-12;1-4-10(2)15(17)18-16(3)13-6-11-5-12(8-13)9-14(16)7-11;;;;/h12-15H,5-11H2,1-4H3;11-16H,5-10H2,1-4H3;11-15H,4-10H2,1-3H3;10-14H,4-9H2,1-3H3;4*1H. The molecular weight excluding hydrogens is 1000 g/mol. The summed E-state index contributed by atoms with van der Waals surface area (Å²) in [6.45, 7) is 28.6. The van der Waals surface area contributed by atoms with Crippen LogP contribution in [0, 0.1) is 124 Å². The Labute approximate surface area is 491 Å². The van der Waals surface area contributed by atoms with Crippen LogP contribution < -0.4 is 0 Å². The first-order chi connectivity index (χ1) is 37.8. The van der Waals surface area contributed by atoms with E-state index < -0.39 is 5.41 Å². The van der Waals surface area contributed by atoms with Crippen molar-refractivity contribution in [2.75, 3.05) is 6.61 Å². The quantitative estimate of drug-likeness (QED) is 0.109. The molecule has 10 heteroatoms. The van der Waals surface area contributed by atoms with Crippen LogP contribution in [0.25, 0.3) is 0 Å². The largest absolute Gasteiger partial charge is 0.459 e. The molecule has 3 unspecified atom stereocenters. The van der Waals surface area contributed by atoms with E-state index in [4.69, 9.17) is 23.7 Å². The molecule has 0 spiro atoms. The van der Waals surface area contributed by atoms with Crippen LogP contribution in [0.3, 0.4) is 0 Å². The third-order valence-electron chi connectivity index (χ3n) is 25.9. The Morgan fingerprint density at radius 2 is 0.725 bits per heavy atom. The number of carbonyl (C=O) groups excluding carboxylic acids is 5. The van der Waals surface area contributed by atoms with E-state index in [1.807, 2.05) is 41.5 Å². The van der Waals surface area contributed by atoms with Gasteiger partial charge >= 0.3 is 29.8 Å². The zero-order chi connectivity index (χ0) is 57.9. The van der Waals surface area contributed by atoms with Gasteiger partial charge in [-0.25, -0.2) is 4.79 Å². The summed E-state index contributed by atoms with van der Waals surface area (Å²) in [7, 11) is 0. The minimum absolute atomic E-state index is 0. The van der Waals surface area contributed by atoms with E-state index in [-0.39, 0.29) is 82.3 Å². The fourth-order valence-corrected chi connectivity index (χ4v) is 20.6. The Bertz CT molecular complexity index is 2100. The minimum Gasteiger partial charge on any atom is -0.459 e. The van der Waals surface area contributed by atoms with Gasteiger partial charge < -0.3 is 23.7 Å². The van der Waals surface area contributed by atoms with Gasteiger partial charge in [-0.15, -0.1) is 0 Å². The molecule has 0 aliphatic heterocycles. The predicted molar refractivity (Wildman–Crippen MR) is 322 cm³/mol. The maximum Gasteiger partial charge on any atom is 0.344 e. The fraction of sp³-hybridized carbons (Fsp3) is 0.929. The highest BCUT2D eigenvalue weighted by Crippen LogP contribution is 2.64. The van der Waals surface area contributed by atoms with Gasteiger partial charge in [-0.3, -0.25) is 19.2 Å². The van der Waals surface area contributed by atoms with Gasteiger partial charge in [0.1, 0.15) is 22.4 Å². The topological polar surface area (TPSA) is 132 Å². The van der Waals surface area contributed by atoms with Gasteiger partial charge in [-0.1, -0.05) is 69.2 Å². The lowest BCUT2D eigenvalue weighted by Gasteiger charge is -2.62. The molecule has 16 fully saturated rings. The van der Waals surface area contributed by atoms with Gasteiger partial charge in [0.25, 0.3) is 0 Å². The molecule has 0 aromatic carbocycles. The van der Waals surface area contributed by atoms with Gasteiger partial charge in [0.2, 0.25) is 0 Å². The highest BCUT2D eigenvalue weighted by Gasteiger charge is 2.63. The Balaban J connectivity index is 0.000000202. The van der Waals surface area contributed by atoms with Crippen LogP contribution in [0.2, 0.25) is 0 Å². The van der Waals surface area contributed by atoms with Crippen LogP contribution in [0.1, 0.15) is 263 Å². The molecule has 3 atom stereocenters. The second-order valence-corrected chi connectivity index (χ2v) is 31.4. The smallest absolute Gasteiger partial charge is 0.344 e.